The Bertz CT molecular complexity index is 1650. The minimum absolute atomic E-state index is 0.0330. The van der Waals surface area contributed by atoms with Crippen LogP contribution in [0.15, 0.2) is 114 Å². The van der Waals surface area contributed by atoms with Gasteiger partial charge >= 0.3 is 0 Å². The summed E-state index contributed by atoms with van der Waals surface area (Å²) < 4.78 is 34.8. The second-order valence-corrected chi connectivity index (χ2v) is 12.3. The van der Waals surface area contributed by atoms with Crippen molar-refractivity contribution in [3.63, 3.8) is 0 Å². The van der Waals surface area contributed by atoms with Gasteiger partial charge in [-0.15, -0.1) is 0 Å². The first-order valence-corrected chi connectivity index (χ1v) is 16.1. The number of anilines is 1. The highest BCUT2D eigenvalue weighted by molar-refractivity contribution is 7.92. The minimum atomic E-state index is -4.21. The topological polar surface area (TPSA) is 96.0 Å². The van der Waals surface area contributed by atoms with Gasteiger partial charge in [0.1, 0.15) is 18.3 Å². The van der Waals surface area contributed by atoms with Crippen LogP contribution in [0.2, 0.25) is 0 Å². The lowest BCUT2D eigenvalue weighted by molar-refractivity contribution is -0.140. The highest BCUT2D eigenvalue weighted by atomic mass is 32.2. The molecule has 0 saturated heterocycles. The molecule has 4 rings (SSSR count). The van der Waals surface area contributed by atoms with Crippen molar-refractivity contribution in [3.05, 3.63) is 126 Å². The van der Waals surface area contributed by atoms with E-state index < -0.39 is 28.5 Å². The monoisotopic (exact) mass is 613 g/mol. The average Bonchev–Trinajstić information content (AvgIpc) is 3.05. The van der Waals surface area contributed by atoms with Crippen LogP contribution in [-0.4, -0.2) is 51.4 Å². The number of carbonyl (C=O) groups is 2. The van der Waals surface area contributed by atoms with Gasteiger partial charge in [-0.1, -0.05) is 91.9 Å². The lowest BCUT2D eigenvalue weighted by atomic mass is 10.0. The van der Waals surface area contributed by atoms with E-state index >= 15 is 0 Å². The van der Waals surface area contributed by atoms with Crippen LogP contribution in [0.4, 0.5) is 5.69 Å². The number of aryl methyl sites for hydroxylation is 1. The molecule has 0 fully saturated rings. The van der Waals surface area contributed by atoms with E-state index in [0.29, 0.717) is 12.3 Å². The van der Waals surface area contributed by atoms with Crippen LogP contribution in [0.3, 0.4) is 0 Å². The first-order chi connectivity index (χ1) is 21.3. The third-order valence-electron chi connectivity index (χ3n) is 7.39. The van der Waals surface area contributed by atoms with E-state index in [0.717, 1.165) is 27.4 Å². The second kappa shape index (κ2) is 15.2. The summed E-state index contributed by atoms with van der Waals surface area (Å²) in [5, 5.41) is 2.96. The van der Waals surface area contributed by atoms with Gasteiger partial charge in [0.15, 0.2) is 0 Å². The van der Waals surface area contributed by atoms with E-state index in [4.69, 9.17) is 4.74 Å². The second-order valence-electron chi connectivity index (χ2n) is 10.4. The van der Waals surface area contributed by atoms with Crippen LogP contribution in [0.25, 0.3) is 0 Å². The van der Waals surface area contributed by atoms with Gasteiger partial charge in [0, 0.05) is 19.5 Å². The quantitative estimate of drug-likeness (QED) is 0.207. The molecule has 0 aliphatic rings. The number of carbonyl (C=O) groups excluding carboxylic acids is 2. The highest BCUT2D eigenvalue weighted by Gasteiger charge is 2.35. The van der Waals surface area contributed by atoms with Crippen molar-refractivity contribution >= 4 is 27.5 Å². The maximum atomic E-state index is 14.5. The molecule has 8 nitrogen and oxygen atoms in total. The molecule has 1 atom stereocenters. The Balaban J connectivity index is 1.82. The van der Waals surface area contributed by atoms with Crippen molar-refractivity contribution in [2.75, 3.05) is 24.5 Å². The van der Waals surface area contributed by atoms with E-state index in [-0.39, 0.29) is 29.5 Å². The van der Waals surface area contributed by atoms with Crippen molar-refractivity contribution in [3.8, 4) is 5.75 Å². The zero-order chi connectivity index (χ0) is 31.5. The maximum Gasteiger partial charge on any atom is 0.264 e. The molecular weight excluding hydrogens is 574 g/mol. The SMILES string of the molecule is CCCNC(=O)[C@H](Cc1ccccc1)N(Cc1ccccc1C)C(=O)CN(c1ccccc1OC)S(=O)(=O)c1ccccc1. The zero-order valence-electron chi connectivity index (χ0n) is 25.3. The van der Waals surface area contributed by atoms with E-state index in [1.165, 1.54) is 24.1 Å². The molecule has 0 heterocycles. The molecule has 0 aromatic heterocycles. The van der Waals surface area contributed by atoms with E-state index in [1.807, 2.05) is 68.4 Å². The smallest absolute Gasteiger partial charge is 0.264 e. The number of methoxy groups -OCH3 is 1. The minimum Gasteiger partial charge on any atom is -0.495 e. The summed E-state index contributed by atoms with van der Waals surface area (Å²) in [6.45, 7) is 3.93. The molecule has 0 saturated carbocycles. The number of hydrogen-bond donors (Lipinski definition) is 1. The number of rotatable bonds is 14. The van der Waals surface area contributed by atoms with Crippen LogP contribution < -0.4 is 14.4 Å². The Morgan fingerprint density at radius 3 is 2.11 bits per heavy atom. The first kappa shape index (κ1) is 32.3. The zero-order valence-corrected chi connectivity index (χ0v) is 26.2. The van der Waals surface area contributed by atoms with Crippen molar-refractivity contribution in [1.82, 2.24) is 10.2 Å². The van der Waals surface area contributed by atoms with Gasteiger partial charge in [-0.05, 0) is 54.3 Å². The molecule has 0 spiro atoms. The molecule has 1 N–H and O–H groups in total. The van der Waals surface area contributed by atoms with Crippen molar-refractivity contribution < 1.29 is 22.7 Å². The fourth-order valence-electron chi connectivity index (χ4n) is 4.96. The van der Waals surface area contributed by atoms with Crippen LogP contribution in [-0.2, 0) is 32.6 Å². The number of hydrogen-bond acceptors (Lipinski definition) is 5. The molecule has 4 aromatic carbocycles. The van der Waals surface area contributed by atoms with Gasteiger partial charge in [-0.3, -0.25) is 13.9 Å². The number of nitrogens with zero attached hydrogens (tertiary/aromatic N) is 2. The van der Waals surface area contributed by atoms with Gasteiger partial charge in [-0.2, -0.15) is 0 Å². The molecule has 230 valence electrons. The van der Waals surface area contributed by atoms with Gasteiger partial charge in [0.25, 0.3) is 10.0 Å². The number of para-hydroxylation sites is 2. The number of ether oxygens (including phenoxy) is 1. The summed E-state index contributed by atoms with van der Waals surface area (Å²) >= 11 is 0. The summed E-state index contributed by atoms with van der Waals surface area (Å²) in [4.78, 5) is 29.8. The summed E-state index contributed by atoms with van der Waals surface area (Å²) in [7, 11) is -2.76. The Kier molecular flexibility index (Phi) is 11.2. The summed E-state index contributed by atoms with van der Waals surface area (Å²) in [5.41, 5.74) is 2.91. The third kappa shape index (κ3) is 7.85. The summed E-state index contributed by atoms with van der Waals surface area (Å²) in [6, 6.07) is 30.9. The Morgan fingerprint density at radius 1 is 0.841 bits per heavy atom. The summed E-state index contributed by atoms with van der Waals surface area (Å²) in [6.07, 6.45) is 0.987. The highest BCUT2D eigenvalue weighted by Crippen LogP contribution is 2.32. The predicted molar refractivity (Wildman–Crippen MR) is 173 cm³/mol. The van der Waals surface area contributed by atoms with Crippen LogP contribution in [0.5, 0.6) is 5.75 Å². The van der Waals surface area contributed by atoms with Gasteiger partial charge in [0.2, 0.25) is 11.8 Å². The Labute approximate surface area is 260 Å². The standard InChI is InChI=1S/C35H39N3O5S/c1-4-23-36-35(40)32(24-28-16-7-5-8-17-28)37(25-29-18-12-11-15-27(29)2)34(39)26-38(31-21-13-14-22-33(31)43-3)44(41,42)30-19-9-6-10-20-30/h5-22,32H,4,23-26H2,1-3H3,(H,36,40)/t32-/m0/s1. The number of sulfonamides is 1. The van der Waals surface area contributed by atoms with Gasteiger partial charge < -0.3 is 15.0 Å². The maximum absolute atomic E-state index is 14.5. The van der Waals surface area contributed by atoms with E-state index in [2.05, 4.69) is 5.32 Å². The average molecular weight is 614 g/mol. The Morgan fingerprint density at radius 2 is 1.45 bits per heavy atom. The third-order valence-corrected chi connectivity index (χ3v) is 9.16. The molecule has 44 heavy (non-hydrogen) atoms. The molecule has 0 radical (unpaired) electrons. The lowest BCUT2D eigenvalue weighted by Gasteiger charge is -2.34. The van der Waals surface area contributed by atoms with Crippen LogP contribution in [0, 0.1) is 6.92 Å². The van der Waals surface area contributed by atoms with Crippen molar-refractivity contribution in [2.45, 2.75) is 44.2 Å². The van der Waals surface area contributed by atoms with Crippen LogP contribution >= 0.6 is 0 Å². The molecule has 0 bridgehead atoms. The molecule has 0 aliphatic carbocycles. The summed E-state index contributed by atoms with van der Waals surface area (Å²) in [5.74, 6) is -0.523. The van der Waals surface area contributed by atoms with E-state index in [1.54, 1.807) is 42.5 Å². The van der Waals surface area contributed by atoms with Crippen molar-refractivity contribution in [1.29, 1.82) is 0 Å². The first-order valence-electron chi connectivity index (χ1n) is 14.6. The molecule has 9 heteroatoms. The fraction of sp³-hybridized carbons (Fsp3) is 0.257. The molecular formula is C35H39N3O5S. The van der Waals surface area contributed by atoms with Crippen molar-refractivity contribution in [2.24, 2.45) is 0 Å². The molecule has 4 aromatic rings. The number of amides is 2. The molecule has 0 aliphatic heterocycles. The molecule has 0 unspecified atom stereocenters. The van der Waals surface area contributed by atoms with Gasteiger partial charge in [-0.25, -0.2) is 8.42 Å². The largest absolute Gasteiger partial charge is 0.495 e. The normalized spacial score (nSPS) is 11.8. The van der Waals surface area contributed by atoms with Crippen LogP contribution in [0.1, 0.15) is 30.0 Å². The fourth-order valence-corrected chi connectivity index (χ4v) is 6.41. The molecule has 2 amide bonds. The van der Waals surface area contributed by atoms with Gasteiger partial charge in [0.05, 0.1) is 17.7 Å². The lowest BCUT2D eigenvalue weighted by Crippen LogP contribution is -2.53. The number of nitrogens with one attached hydrogen (secondary N) is 1. The predicted octanol–water partition coefficient (Wildman–Crippen LogP) is 5.37. The van der Waals surface area contributed by atoms with E-state index in [9.17, 15) is 18.0 Å². The number of benzene rings is 4. The Hall–Kier alpha value is -4.63.